The molecule has 108 valence electrons. The van der Waals surface area contributed by atoms with E-state index in [0.717, 1.165) is 25.3 Å². The van der Waals surface area contributed by atoms with Crippen molar-refractivity contribution in [3.63, 3.8) is 0 Å². The molecule has 0 bridgehead atoms. The lowest BCUT2D eigenvalue weighted by Crippen LogP contribution is -2.17. The van der Waals surface area contributed by atoms with Gasteiger partial charge >= 0.3 is 0 Å². The van der Waals surface area contributed by atoms with Gasteiger partial charge in [0, 0.05) is 17.5 Å². The molecule has 0 saturated carbocycles. The maximum Gasteiger partial charge on any atom is 0.119 e. The lowest BCUT2D eigenvalue weighted by atomic mass is 10.1. The van der Waals surface area contributed by atoms with Crippen LogP contribution >= 0.6 is 11.3 Å². The molecule has 1 unspecified atom stereocenters. The van der Waals surface area contributed by atoms with Crippen LogP contribution in [0.25, 0.3) is 0 Å². The van der Waals surface area contributed by atoms with Gasteiger partial charge in [-0.1, -0.05) is 19.1 Å². The van der Waals surface area contributed by atoms with Gasteiger partial charge in [0.05, 0.1) is 6.61 Å². The van der Waals surface area contributed by atoms with E-state index in [9.17, 15) is 0 Å². The number of aryl methyl sites for hydroxylation is 1. The van der Waals surface area contributed by atoms with Gasteiger partial charge in [-0.25, -0.2) is 0 Å². The molecule has 2 aromatic rings. The third kappa shape index (κ3) is 4.09. The Morgan fingerprint density at radius 3 is 2.55 bits per heavy atom. The van der Waals surface area contributed by atoms with Gasteiger partial charge in [-0.05, 0) is 55.0 Å². The Bertz CT molecular complexity index is 518. The fourth-order valence-corrected chi connectivity index (χ4v) is 2.88. The average Bonchev–Trinajstić information content (AvgIpc) is 2.88. The number of ether oxygens (including phenoxy) is 1. The molecule has 0 radical (unpaired) electrons. The Morgan fingerprint density at radius 2 is 1.95 bits per heavy atom. The van der Waals surface area contributed by atoms with Crippen molar-refractivity contribution >= 4 is 11.3 Å². The molecule has 0 aliphatic heterocycles. The smallest absolute Gasteiger partial charge is 0.119 e. The summed E-state index contributed by atoms with van der Waals surface area (Å²) >= 11 is 1.82. The number of benzene rings is 1. The first-order valence-electron chi connectivity index (χ1n) is 7.19. The van der Waals surface area contributed by atoms with Crippen LogP contribution in [-0.4, -0.2) is 6.61 Å². The van der Waals surface area contributed by atoms with Crippen LogP contribution < -0.4 is 10.1 Å². The predicted octanol–water partition coefficient (Wildman–Crippen LogP) is 4.70. The largest absolute Gasteiger partial charge is 0.494 e. The van der Waals surface area contributed by atoms with Crippen LogP contribution in [0, 0.1) is 6.92 Å². The SMILES string of the molecule is CCCOc1ccc(C(C)NCc2sccc2C)cc1. The molecule has 20 heavy (non-hydrogen) atoms. The van der Waals surface area contributed by atoms with Crippen molar-refractivity contribution in [2.45, 2.75) is 39.8 Å². The molecule has 2 rings (SSSR count). The van der Waals surface area contributed by atoms with E-state index in [0.29, 0.717) is 6.04 Å². The highest BCUT2D eigenvalue weighted by atomic mass is 32.1. The predicted molar refractivity (Wildman–Crippen MR) is 86.5 cm³/mol. The fourth-order valence-electron chi connectivity index (χ4n) is 2.02. The second kappa shape index (κ2) is 7.46. The van der Waals surface area contributed by atoms with Gasteiger partial charge in [-0.15, -0.1) is 11.3 Å². The topological polar surface area (TPSA) is 21.3 Å². The molecule has 0 amide bonds. The summed E-state index contributed by atoms with van der Waals surface area (Å²) in [5.41, 5.74) is 2.67. The molecule has 0 spiro atoms. The maximum atomic E-state index is 5.61. The molecule has 1 atom stereocenters. The molecule has 1 aromatic heterocycles. The summed E-state index contributed by atoms with van der Waals surface area (Å²) in [7, 11) is 0. The molecule has 1 heterocycles. The van der Waals surface area contributed by atoms with E-state index < -0.39 is 0 Å². The number of hydrogen-bond acceptors (Lipinski definition) is 3. The van der Waals surface area contributed by atoms with Crippen LogP contribution in [-0.2, 0) is 6.54 Å². The van der Waals surface area contributed by atoms with Crippen molar-refractivity contribution in [1.29, 1.82) is 0 Å². The standard InChI is InChI=1S/C17H23NOS/c1-4-10-19-16-7-5-15(6-8-16)14(3)18-12-17-13(2)9-11-20-17/h5-9,11,14,18H,4,10,12H2,1-3H3. The van der Waals surface area contributed by atoms with Gasteiger partial charge in [-0.2, -0.15) is 0 Å². The number of rotatable bonds is 7. The minimum absolute atomic E-state index is 0.344. The Labute approximate surface area is 125 Å². The molecular formula is C17H23NOS. The molecular weight excluding hydrogens is 266 g/mol. The van der Waals surface area contributed by atoms with Gasteiger partial charge in [0.1, 0.15) is 5.75 Å². The van der Waals surface area contributed by atoms with E-state index in [1.807, 2.05) is 11.3 Å². The molecule has 1 aromatic carbocycles. The maximum absolute atomic E-state index is 5.61. The van der Waals surface area contributed by atoms with Gasteiger partial charge in [-0.3, -0.25) is 0 Å². The van der Waals surface area contributed by atoms with Gasteiger partial charge in [0.15, 0.2) is 0 Å². The number of thiophene rings is 1. The van der Waals surface area contributed by atoms with Gasteiger partial charge in [0.25, 0.3) is 0 Å². The molecule has 0 aliphatic rings. The minimum Gasteiger partial charge on any atom is -0.494 e. The van der Waals surface area contributed by atoms with Crippen LogP contribution in [0.2, 0.25) is 0 Å². The van der Waals surface area contributed by atoms with Crippen LogP contribution in [0.5, 0.6) is 5.75 Å². The first-order valence-corrected chi connectivity index (χ1v) is 8.07. The van der Waals surface area contributed by atoms with Crippen LogP contribution in [0.3, 0.4) is 0 Å². The third-order valence-corrected chi connectivity index (χ3v) is 4.41. The van der Waals surface area contributed by atoms with Crippen molar-refractivity contribution in [3.05, 3.63) is 51.7 Å². The summed E-state index contributed by atoms with van der Waals surface area (Å²) in [6.45, 7) is 8.19. The van der Waals surface area contributed by atoms with E-state index >= 15 is 0 Å². The van der Waals surface area contributed by atoms with Crippen LogP contribution in [0.1, 0.15) is 42.3 Å². The van der Waals surface area contributed by atoms with Crippen molar-refractivity contribution < 1.29 is 4.74 Å². The molecule has 0 saturated heterocycles. The Morgan fingerprint density at radius 1 is 1.20 bits per heavy atom. The fraction of sp³-hybridized carbons (Fsp3) is 0.412. The normalized spacial score (nSPS) is 12.3. The van der Waals surface area contributed by atoms with E-state index in [1.54, 1.807) is 0 Å². The Hall–Kier alpha value is -1.32. The van der Waals surface area contributed by atoms with E-state index in [4.69, 9.17) is 4.74 Å². The molecule has 2 nitrogen and oxygen atoms in total. The summed E-state index contributed by atoms with van der Waals surface area (Å²) in [5, 5.41) is 5.72. The molecule has 0 aliphatic carbocycles. The zero-order chi connectivity index (χ0) is 14.4. The van der Waals surface area contributed by atoms with Crippen molar-refractivity contribution in [2.24, 2.45) is 0 Å². The highest BCUT2D eigenvalue weighted by molar-refractivity contribution is 7.10. The highest BCUT2D eigenvalue weighted by Crippen LogP contribution is 2.20. The highest BCUT2D eigenvalue weighted by Gasteiger charge is 2.06. The minimum atomic E-state index is 0.344. The summed E-state index contributed by atoms with van der Waals surface area (Å²) in [5.74, 6) is 0.955. The lowest BCUT2D eigenvalue weighted by Gasteiger charge is -2.15. The van der Waals surface area contributed by atoms with Crippen LogP contribution in [0.4, 0.5) is 0 Å². The van der Waals surface area contributed by atoms with E-state index in [2.05, 4.69) is 61.8 Å². The van der Waals surface area contributed by atoms with E-state index in [1.165, 1.54) is 16.0 Å². The zero-order valence-corrected chi connectivity index (χ0v) is 13.3. The number of hydrogen-bond donors (Lipinski definition) is 1. The monoisotopic (exact) mass is 289 g/mol. The summed E-state index contributed by atoms with van der Waals surface area (Å²) in [6.07, 6.45) is 1.04. The number of nitrogens with one attached hydrogen (secondary N) is 1. The molecule has 3 heteroatoms. The second-order valence-electron chi connectivity index (χ2n) is 5.05. The molecule has 1 N–H and O–H groups in total. The summed E-state index contributed by atoms with van der Waals surface area (Å²) < 4.78 is 5.61. The second-order valence-corrected chi connectivity index (χ2v) is 6.05. The third-order valence-electron chi connectivity index (χ3n) is 3.39. The Kier molecular flexibility index (Phi) is 5.62. The summed E-state index contributed by atoms with van der Waals surface area (Å²) in [6, 6.07) is 10.9. The van der Waals surface area contributed by atoms with Crippen molar-refractivity contribution in [1.82, 2.24) is 5.32 Å². The Balaban J connectivity index is 1.88. The van der Waals surface area contributed by atoms with Crippen molar-refractivity contribution in [2.75, 3.05) is 6.61 Å². The first kappa shape index (κ1) is 15.1. The van der Waals surface area contributed by atoms with Crippen LogP contribution in [0.15, 0.2) is 35.7 Å². The van der Waals surface area contributed by atoms with Gasteiger partial charge in [0.2, 0.25) is 0 Å². The average molecular weight is 289 g/mol. The quantitative estimate of drug-likeness (QED) is 0.798. The van der Waals surface area contributed by atoms with E-state index in [-0.39, 0.29) is 0 Å². The van der Waals surface area contributed by atoms with Crippen molar-refractivity contribution in [3.8, 4) is 5.75 Å². The van der Waals surface area contributed by atoms with Gasteiger partial charge < -0.3 is 10.1 Å². The first-order chi connectivity index (χ1) is 9.70. The summed E-state index contributed by atoms with van der Waals surface area (Å²) in [4.78, 5) is 1.42. The lowest BCUT2D eigenvalue weighted by molar-refractivity contribution is 0.317. The zero-order valence-electron chi connectivity index (χ0n) is 12.5. The molecule has 0 fully saturated rings.